The second kappa shape index (κ2) is 5.35. The topological polar surface area (TPSA) is 26.3 Å². The quantitative estimate of drug-likeness (QED) is 0.555. The van der Waals surface area contributed by atoms with Crippen LogP contribution in [0.5, 0.6) is 0 Å². The van der Waals surface area contributed by atoms with Gasteiger partial charge in [-0.25, -0.2) is 4.79 Å². The molecule has 0 N–H and O–H groups in total. The third kappa shape index (κ3) is 2.94. The minimum atomic E-state index is -0.296. The highest BCUT2D eigenvalue weighted by atomic mass is 16.5. The van der Waals surface area contributed by atoms with Gasteiger partial charge in [-0.3, -0.25) is 0 Å². The van der Waals surface area contributed by atoms with Gasteiger partial charge in [0.05, 0.1) is 12.2 Å². The van der Waals surface area contributed by atoms with Crippen LogP contribution in [-0.4, -0.2) is 12.6 Å². The largest absolute Gasteiger partial charge is 0.462 e. The van der Waals surface area contributed by atoms with Crippen LogP contribution < -0.4 is 0 Å². The van der Waals surface area contributed by atoms with Crippen molar-refractivity contribution in [1.29, 1.82) is 0 Å². The van der Waals surface area contributed by atoms with Gasteiger partial charge in [0.1, 0.15) is 0 Å². The van der Waals surface area contributed by atoms with E-state index >= 15 is 0 Å². The molecule has 0 spiro atoms. The molecule has 79 valence electrons. The average molecular weight is 203 g/mol. The van der Waals surface area contributed by atoms with Crippen molar-refractivity contribution in [2.24, 2.45) is 0 Å². The summed E-state index contributed by atoms with van der Waals surface area (Å²) in [5.41, 5.74) is 1.53. The number of carbonyl (C=O) groups is 1. The first kappa shape index (κ1) is 11.5. The number of allylic oxidation sites excluding steroid dienone is 1. The van der Waals surface area contributed by atoms with Gasteiger partial charge >= 0.3 is 5.97 Å². The summed E-state index contributed by atoms with van der Waals surface area (Å²) in [6.45, 7) is 9.75. The van der Waals surface area contributed by atoms with Crippen LogP contribution in [0.25, 0.3) is 0 Å². The van der Waals surface area contributed by atoms with Crippen LogP contribution in [0.4, 0.5) is 0 Å². The lowest BCUT2D eigenvalue weighted by atomic mass is 9.99. The molecule has 1 aromatic rings. The van der Waals surface area contributed by atoms with Crippen LogP contribution in [-0.2, 0) is 4.74 Å². The number of benzene rings is 1. The minimum Gasteiger partial charge on any atom is -0.462 e. The molecular weight excluding hydrogens is 188 g/mol. The highest BCUT2D eigenvalue weighted by Gasteiger charge is 2.08. The van der Waals surface area contributed by atoms with Crippen LogP contribution in [0.1, 0.15) is 28.8 Å². The molecule has 0 aliphatic carbocycles. The van der Waals surface area contributed by atoms with Crippen LogP contribution in [0.3, 0.4) is 0 Å². The maximum absolute atomic E-state index is 11.4. The van der Waals surface area contributed by atoms with E-state index in [0.717, 1.165) is 5.56 Å². The first-order valence-electron chi connectivity index (χ1n) is 4.91. The fraction of sp³-hybridized carbons (Fsp3) is 0.231. The normalized spacial score (nSPS) is 11.9. The zero-order valence-corrected chi connectivity index (χ0v) is 8.90. The Labute approximate surface area is 90.6 Å². The summed E-state index contributed by atoms with van der Waals surface area (Å²) in [5, 5.41) is 0. The first-order chi connectivity index (χ1) is 7.19. The number of esters is 1. The maximum Gasteiger partial charge on any atom is 0.338 e. The maximum atomic E-state index is 11.4. The second-order valence-electron chi connectivity index (χ2n) is 3.19. The molecule has 2 nitrogen and oxygen atoms in total. The Kier molecular flexibility index (Phi) is 4.10. The Morgan fingerprint density at radius 2 is 2.33 bits per heavy atom. The highest BCUT2D eigenvalue weighted by molar-refractivity contribution is 5.89. The Bertz CT molecular complexity index is 355. The first-order valence-corrected chi connectivity index (χ1v) is 4.91. The van der Waals surface area contributed by atoms with Gasteiger partial charge in [-0.2, -0.15) is 0 Å². The lowest BCUT2D eigenvalue weighted by Crippen LogP contribution is -2.05. The molecule has 0 aliphatic rings. The molecular formula is C13H15O2. The predicted octanol–water partition coefficient (Wildman–Crippen LogP) is 2.97. The van der Waals surface area contributed by atoms with E-state index < -0.39 is 0 Å². The van der Waals surface area contributed by atoms with Crippen molar-refractivity contribution >= 4 is 5.97 Å². The monoisotopic (exact) mass is 203 g/mol. The van der Waals surface area contributed by atoms with E-state index in [1.807, 2.05) is 12.1 Å². The minimum absolute atomic E-state index is 0.000577. The Balaban J connectivity index is 2.91. The summed E-state index contributed by atoms with van der Waals surface area (Å²) in [7, 11) is 0. The third-order valence-electron chi connectivity index (χ3n) is 2.11. The zero-order chi connectivity index (χ0) is 11.3. The predicted molar refractivity (Wildman–Crippen MR) is 60.7 cm³/mol. The summed E-state index contributed by atoms with van der Waals surface area (Å²) in [6, 6.07) is 7.26. The lowest BCUT2D eigenvalue weighted by molar-refractivity contribution is 0.0526. The highest BCUT2D eigenvalue weighted by Crippen LogP contribution is 2.17. The molecule has 0 amide bonds. The third-order valence-corrected chi connectivity index (χ3v) is 2.11. The number of hydrogen-bond acceptors (Lipinski definition) is 2. The molecule has 1 radical (unpaired) electrons. The van der Waals surface area contributed by atoms with E-state index in [4.69, 9.17) is 4.74 Å². The van der Waals surface area contributed by atoms with Gasteiger partial charge in [-0.15, -0.1) is 6.58 Å². The molecule has 2 heteroatoms. The molecule has 1 aromatic carbocycles. The van der Waals surface area contributed by atoms with E-state index in [1.165, 1.54) is 0 Å². The van der Waals surface area contributed by atoms with Crippen molar-refractivity contribution in [3.8, 4) is 0 Å². The standard InChI is InChI=1S/C13H15O2/c1-4-10(3)11-7-6-8-12(9-11)13(14)15-5-2/h4,6-10H,1,3,5H2,2H3. The molecule has 0 fully saturated rings. The zero-order valence-electron chi connectivity index (χ0n) is 8.90. The Morgan fingerprint density at radius 1 is 1.60 bits per heavy atom. The summed E-state index contributed by atoms with van der Waals surface area (Å²) in [6.07, 6.45) is 1.74. The van der Waals surface area contributed by atoms with Gasteiger partial charge in [-0.05, 0) is 31.5 Å². The second-order valence-corrected chi connectivity index (χ2v) is 3.19. The van der Waals surface area contributed by atoms with Gasteiger partial charge < -0.3 is 4.74 Å². The van der Waals surface area contributed by atoms with Crippen molar-refractivity contribution in [3.05, 3.63) is 55.0 Å². The summed E-state index contributed by atoms with van der Waals surface area (Å²) >= 11 is 0. The van der Waals surface area contributed by atoms with Gasteiger partial charge in [0.2, 0.25) is 0 Å². The smallest absolute Gasteiger partial charge is 0.338 e. The van der Waals surface area contributed by atoms with Crippen LogP contribution in [0, 0.1) is 6.92 Å². The number of ether oxygens (including phenoxy) is 1. The van der Waals surface area contributed by atoms with E-state index in [2.05, 4.69) is 13.5 Å². The molecule has 1 unspecified atom stereocenters. The molecule has 0 saturated carbocycles. The molecule has 0 heterocycles. The SMILES string of the molecule is [CH2]C(C=C)c1cccc(C(=O)OCC)c1. The van der Waals surface area contributed by atoms with Crippen molar-refractivity contribution in [1.82, 2.24) is 0 Å². The Hall–Kier alpha value is -1.57. The summed E-state index contributed by atoms with van der Waals surface area (Å²) in [4.78, 5) is 11.4. The van der Waals surface area contributed by atoms with Crippen LogP contribution in [0.2, 0.25) is 0 Å². The van der Waals surface area contributed by atoms with Gasteiger partial charge in [0.15, 0.2) is 0 Å². The van der Waals surface area contributed by atoms with Crippen molar-refractivity contribution in [3.63, 3.8) is 0 Å². The molecule has 0 saturated heterocycles. The molecule has 0 aliphatic heterocycles. The summed E-state index contributed by atoms with van der Waals surface area (Å²) in [5.74, 6) is -0.296. The van der Waals surface area contributed by atoms with Crippen molar-refractivity contribution < 1.29 is 9.53 Å². The van der Waals surface area contributed by atoms with E-state index in [0.29, 0.717) is 12.2 Å². The van der Waals surface area contributed by atoms with E-state index in [9.17, 15) is 4.79 Å². The van der Waals surface area contributed by atoms with E-state index in [1.54, 1.807) is 25.1 Å². The van der Waals surface area contributed by atoms with E-state index in [-0.39, 0.29) is 11.9 Å². The van der Waals surface area contributed by atoms with Crippen molar-refractivity contribution in [2.75, 3.05) is 6.61 Å². The molecule has 0 aromatic heterocycles. The molecule has 1 rings (SSSR count). The molecule has 15 heavy (non-hydrogen) atoms. The van der Waals surface area contributed by atoms with Gasteiger partial charge in [0, 0.05) is 5.92 Å². The van der Waals surface area contributed by atoms with Gasteiger partial charge in [-0.1, -0.05) is 18.2 Å². The summed E-state index contributed by atoms with van der Waals surface area (Å²) < 4.78 is 4.91. The Morgan fingerprint density at radius 3 is 2.93 bits per heavy atom. The van der Waals surface area contributed by atoms with Crippen molar-refractivity contribution in [2.45, 2.75) is 12.8 Å². The van der Waals surface area contributed by atoms with Gasteiger partial charge in [0.25, 0.3) is 0 Å². The van der Waals surface area contributed by atoms with Crippen LogP contribution >= 0.6 is 0 Å². The van der Waals surface area contributed by atoms with Crippen LogP contribution in [0.15, 0.2) is 36.9 Å². The lowest BCUT2D eigenvalue weighted by Gasteiger charge is -2.08. The fourth-order valence-corrected chi connectivity index (χ4v) is 1.25. The molecule has 1 atom stereocenters. The number of hydrogen-bond donors (Lipinski definition) is 0. The number of carbonyl (C=O) groups excluding carboxylic acids is 1. The number of rotatable bonds is 4. The molecule has 0 bridgehead atoms. The fourth-order valence-electron chi connectivity index (χ4n) is 1.25. The average Bonchev–Trinajstić information content (AvgIpc) is 2.28.